The Morgan fingerprint density at radius 3 is 1.24 bits per heavy atom. The van der Waals surface area contributed by atoms with Crippen LogP contribution in [-0.2, 0) is 20.1 Å². The van der Waals surface area contributed by atoms with Crippen LogP contribution in [0.15, 0.2) is 72.8 Å². The summed E-state index contributed by atoms with van der Waals surface area (Å²) in [5, 5.41) is 0. The summed E-state index contributed by atoms with van der Waals surface area (Å²) in [5.74, 6) is -0.619. The second-order valence-electron chi connectivity index (χ2n) is 5.42. The molecule has 25 heavy (non-hydrogen) atoms. The SMILES string of the molecule is Fc1ccc(-c2nc3ccccc3nc2-c2ccc(F)cc2)cc1.[Ir+3]. The third-order valence-electron chi connectivity index (χ3n) is 3.81. The van der Waals surface area contributed by atoms with Crippen molar-refractivity contribution in [2.24, 2.45) is 0 Å². The Labute approximate surface area is 156 Å². The van der Waals surface area contributed by atoms with Gasteiger partial charge in [0, 0.05) is 11.1 Å². The number of para-hydroxylation sites is 2. The van der Waals surface area contributed by atoms with Crippen LogP contribution in [-0.4, -0.2) is 9.97 Å². The molecule has 2 nitrogen and oxygen atoms in total. The van der Waals surface area contributed by atoms with E-state index in [1.807, 2.05) is 24.3 Å². The molecule has 0 aliphatic rings. The van der Waals surface area contributed by atoms with Crippen molar-refractivity contribution in [1.29, 1.82) is 0 Å². The minimum atomic E-state index is -0.309. The molecular formula is C20H12F2IrN2+3. The van der Waals surface area contributed by atoms with Crippen LogP contribution in [0.4, 0.5) is 8.78 Å². The van der Waals surface area contributed by atoms with Crippen molar-refractivity contribution >= 4 is 11.0 Å². The maximum absolute atomic E-state index is 13.2. The average Bonchev–Trinajstić information content (AvgIpc) is 2.62. The first-order chi connectivity index (χ1) is 11.7. The molecule has 3 aromatic carbocycles. The molecule has 4 aromatic rings. The van der Waals surface area contributed by atoms with Crippen LogP contribution in [0.3, 0.4) is 0 Å². The summed E-state index contributed by atoms with van der Waals surface area (Å²) in [6.07, 6.45) is 0. The van der Waals surface area contributed by atoms with Gasteiger partial charge in [0.2, 0.25) is 0 Å². The Morgan fingerprint density at radius 2 is 0.880 bits per heavy atom. The fraction of sp³-hybridized carbons (Fsp3) is 0. The van der Waals surface area contributed by atoms with Crippen LogP contribution in [0, 0.1) is 11.6 Å². The molecule has 0 fully saturated rings. The van der Waals surface area contributed by atoms with Gasteiger partial charge in [-0.05, 0) is 60.7 Å². The first kappa shape index (κ1) is 17.3. The van der Waals surface area contributed by atoms with Crippen molar-refractivity contribution in [3.05, 3.63) is 84.4 Å². The van der Waals surface area contributed by atoms with E-state index < -0.39 is 0 Å². The van der Waals surface area contributed by atoms with Gasteiger partial charge in [0.15, 0.2) is 0 Å². The minimum Gasteiger partial charge on any atom is -0.244 e. The summed E-state index contributed by atoms with van der Waals surface area (Å²) in [4.78, 5) is 9.39. The molecule has 0 amide bonds. The van der Waals surface area contributed by atoms with Crippen molar-refractivity contribution in [3.8, 4) is 22.5 Å². The molecule has 0 atom stereocenters. The smallest absolute Gasteiger partial charge is 0.244 e. The summed E-state index contributed by atoms with van der Waals surface area (Å²) < 4.78 is 26.5. The molecule has 0 saturated carbocycles. The third kappa shape index (κ3) is 3.48. The standard InChI is InChI=1S/C20H12F2N2.Ir/c21-15-9-5-13(6-10-15)19-20(14-7-11-16(22)12-8-14)24-18-4-2-1-3-17(18)23-19;/h1-12H;/q;+3. The van der Waals surface area contributed by atoms with Gasteiger partial charge in [-0.2, -0.15) is 0 Å². The van der Waals surface area contributed by atoms with Crippen molar-refractivity contribution in [2.45, 2.75) is 0 Å². The molecule has 0 unspecified atom stereocenters. The number of halogens is 2. The van der Waals surface area contributed by atoms with E-state index >= 15 is 0 Å². The summed E-state index contributed by atoms with van der Waals surface area (Å²) in [7, 11) is 0. The average molecular weight is 511 g/mol. The molecule has 0 saturated heterocycles. The zero-order chi connectivity index (χ0) is 16.5. The molecule has 0 N–H and O–H groups in total. The first-order valence-corrected chi connectivity index (χ1v) is 7.49. The Balaban J connectivity index is 0.00000182. The zero-order valence-electron chi connectivity index (χ0n) is 12.9. The molecule has 5 heteroatoms. The van der Waals surface area contributed by atoms with Gasteiger partial charge in [-0.15, -0.1) is 0 Å². The van der Waals surface area contributed by atoms with E-state index in [1.54, 1.807) is 24.3 Å². The van der Waals surface area contributed by atoms with Gasteiger partial charge in [0.25, 0.3) is 0 Å². The molecule has 0 aliphatic carbocycles. The van der Waals surface area contributed by atoms with Crippen LogP contribution in [0.2, 0.25) is 0 Å². The second kappa shape index (κ2) is 7.18. The molecule has 1 aromatic heterocycles. The summed E-state index contributed by atoms with van der Waals surface area (Å²) >= 11 is 0. The molecule has 122 valence electrons. The van der Waals surface area contributed by atoms with E-state index in [0.717, 1.165) is 22.2 Å². The van der Waals surface area contributed by atoms with E-state index in [2.05, 4.69) is 0 Å². The third-order valence-corrected chi connectivity index (χ3v) is 3.81. The van der Waals surface area contributed by atoms with Crippen molar-refractivity contribution in [3.63, 3.8) is 0 Å². The van der Waals surface area contributed by atoms with E-state index in [0.29, 0.717) is 11.4 Å². The largest absolute Gasteiger partial charge is 3.00 e. The Morgan fingerprint density at radius 1 is 0.520 bits per heavy atom. The summed E-state index contributed by atoms with van der Waals surface area (Å²) in [6, 6.07) is 19.8. The van der Waals surface area contributed by atoms with Crippen LogP contribution >= 0.6 is 0 Å². The topological polar surface area (TPSA) is 25.8 Å². The van der Waals surface area contributed by atoms with Gasteiger partial charge in [0.05, 0.1) is 22.4 Å². The van der Waals surface area contributed by atoms with Crippen LogP contribution in [0.5, 0.6) is 0 Å². The summed E-state index contributed by atoms with van der Waals surface area (Å²) in [5.41, 5.74) is 4.30. The number of fused-ring (bicyclic) bond motifs is 1. The van der Waals surface area contributed by atoms with E-state index in [9.17, 15) is 8.78 Å². The minimum absolute atomic E-state index is 0. The van der Waals surface area contributed by atoms with Gasteiger partial charge < -0.3 is 0 Å². The van der Waals surface area contributed by atoms with Crippen molar-refractivity contribution < 1.29 is 28.9 Å². The summed E-state index contributed by atoms with van der Waals surface area (Å²) in [6.45, 7) is 0. The van der Waals surface area contributed by atoms with Gasteiger partial charge in [-0.3, -0.25) is 0 Å². The second-order valence-corrected chi connectivity index (χ2v) is 5.42. The molecule has 4 rings (SSSR count). The zero-order valence-corrected chi connectivity index (χ0v) is 15.3. The first-order valence-electron chi connectivity index (χ1n) is 7.49. The number of nitrogens with zero attached hydrogens (tertiary/aromatic N) is 2. The van der Waals surface area contributed by atoms with Crippen LogP contribution in [0.1, 0.15) is 0 Å². The maximum Gasteiger partial charge on any atom is 3.00 e. The number of benzene rings is 3. The molecule has 0 radical (unpaired) electrons. The normalized spacial score (nSPS) is 10.5. The molecule has 0 spiro atoms. The van der Waals surface area contributed by atoms with E-state index in [-0.39, 0.29) is 31.7 Å². The van der Waals surface area contributed by atoms with E-state index in [4.69, 9.17) is 9.97 Å². The van der Waals surface area contributed by atoms with Crippen molar-refractivity contribution in [2.75, 3.05) is 0 Å². The Hall–Kier alpha value is -2.49. The quantitative estimate of drug-likeness (QED) is 0.369. The van der Waals surface area contributed by atoms with Crippen LogP contribution < -0.4 is 0 Å². The fourth-order valence-corrected chi connectivity index (χ4v) is 2.62. The number of hydrogen-bond donors (Lipinski definition) is 0. The van der Waals surface area contributed by atoms with Gasteiger partial charge in [0.1, 0.15) is 11.6 Å². The van der Waals surface area contributed by atoms with Crippen molar-refractivity contribution in [1.82, 2.24) is 9.97 Å². The maximum atomic E-state index is 13.2. The molecular weight excluding hydrogens is 498 g/mol. The van der Waals surface area contributed by atoms with E-state index in [1.165, 1.54) is 24.3 Å². The van der Waals surface area contributed by atoms with Crippen LogP contribution in [0.25, 0.3) is 33.5 Å². The molecule has 0 aliphatic heterocycles. The van der Waals surface area contributed by atoms with Gasteiger partial charge in [-0.25, -0.2) is 18.7 Å². The number of aromatic nitrogens is 2. The predicted octanol–water partition coefficient (Wildman–Crippen LogP) is 5.24. The molecule has 0 bridgehead atoms. The number of hydrogen-bond acceptors (Lipinski definition) is 2. The predicted molar refractivity (Wildman–Crippen MR) is 90.3 cm³/mol. The Bertz CT molecular complexity index is 932. The monoisotopic (exact) mass is 511 g/mol. The fourth-order valence-electron chi connectivity index (χ4n) is 2.62. The van der Waals surface area contributed by atoms with Gasteiger partial charge >= 0.3 is 20.1 Å². The number of rotatable bonds is 2. The molecule has 1 heterocycles. The Kier molecular flexibility index (Phi) is 4.98. The van der Waals surface area contributed by atoms with Gasteiger partial charge in [-0.1, -0.05) is 12.1 Å².